The molecule has 1 rings (SSSR count). The molecule has 0 aliphatic heterocycles. The molecule has 0 atom stereocenters. The van der Waals surface area contributed by atoms with Gasteiger partial charge in [-0.1, -0.05) is 56.4 Å². The van der Waals surface area contributed by atoms with E-state index in [2.05, 4.69) is 15.0 Å². The van der Waals surface area contributed by atoms with Crippen molar-refractivity contribution in [2.75, 3.05) is 19.7 Å². The van der Waals surface area contributed by atoms with Crippen LogP contribution in [0.25, 0.3) is 0 Å². The van der Waals surface area contributed by atoms with Gasteiger partial charge >= 0.3 is 35.6 Å². The van der Waals surface area contributed by atoms with E-state index in [9.17, 15) is 29.7 Å². The smallest absolute Gasteiger partial charge is 0.429 e. The average molecular weight is 662 g/mol. The number of guanidine groups is 1. The van der Waals surface area contributed by atoms with E-state index in [0.29, 0.717) is 69.0 Å². The van der Waals surface area contributed by atoms with Crippen molar-refractivity contribution in [3.05, 3.63) is 35.4 Å². The fourth-order valence-electron chi connectivity index (χ4n) is 5.03. The van der Waals surface area contributed by atoms with Crippen molar-refractivity contribution in [1.29, 1.82) is 5.41 Å². The van der Waals surface area contributed by atoms with Crippen LogP contribution in [0.2, 0.25) is 33.6 Å². The summed E-state index contributed by atoms with van der Waals surface area (Å²) in [6, 6.07) is 7.44. The van der Waals surface area contributed by atoms with Gasteiger partial charge in [-0.2, -0.15) is 0 Å². The van der Waals surface area contributed by atoms with Crippen LogP contribution in [0.4, 0.5) is 0 Å². The van der Waals surface area contributed by atoms with Crippen molar-refractivity contribution in [3.8, 4) is 0 Å². The highest BCUT2D eigenvalue weighted by Crippen LogP contribution is 2.13. The summed E-state index contributed by atoms with van der Waals surface area (Å²) in [5.41, 5.74) is 2.07. The molecule has 48 heavy (non-hydrogen) atoms. The molecule has 0 aromatic heterocycles. The zero-order valence-electron chi connectivity index (χ0n) is 29.1. The first-order valence-corrected chi connectivity index (χ1v) is 16.9. The number of rotatable bonds is 26. The van der Waals surface area contributed by atoms with E-state index < -0.39 is 28.2 Å². The minimum Gasteiger partial charge on any atom is -0.433 e. The topological polar surface area (TPSA) is 191 Å². The Kier molecular flexibility index (Phi) is 23.5. The van der Waals surface area contributed by atoms with Gasteiger partial charge < -0.3 is 59.6 Å². The van der Waals surface area contributed by atoms with E-state index in [0.717, 1.165) is 63.5 Å². The molecule has 0 saturated carbocycles. The fourth-order valence-corrected chi connectivity index (χ4v) is 5.03. The monoisotopic (exact) mass is 662 g/mol. The molecule has 0 saturated heterocycles. The summed E-state index contributed by atoms with van der Waals surface area (Å²) in [5.74, 6) is 0.923. The SMILES string of the molecule is CB(O)N=C(CCCCCCCCCN(B(C)O)C(=N[B]C=O)N(CCCOCc1ccc(C(=N)C[B]C=O)cc1)B(C)O)NB(C)O. The van der Waals surface area contributed by atoms with Crippen molar-refractivity contribution < 1.29 is 34.4 Å². The minimum absolute atomic E-state index is 0.290. The van der Waals surface area contributed by atoms with Crippen LogP contribution in [0, 0.1) is 5.41 Å². The molecule has 258 valence electrons. The highest BCUT2D eigenvalue weighted by molar-refractivity contribution is 6.70. The van der Waals surface area contributed by atoms with Crippen molar-refractivity contribution in [2.24, 2.45) is 9.81 Å². The van der Waals surface area contributed by atoms with Crippen LogP contribution in [-0.4, -0.2) is 122 Å². The molecule has 1 aromatic carbocycles. The van der Waals surface area contributed by atoms with Gasteiger partial charge in [-0.3, -0.25) is 4.90 Å². The second kappa shape index (κ2) is 26.1. The molecule has 6 N–H and O–H groups in total. The van der Waals surface area contributed by atoms with Crippen LogP contribution < -0.4 is 5.23 Å². The van der Waals surface area contributed by atoms with E-state index in [1.807, 2.05) is 24.3 Å². The van der Waals surface area contributed by atoms with Crippen LogP contribution in [0.3, 0.4) is 0 Å². The zero-order chi connectivity index (χ0) is 35.7. The lowest BCUT2D eigenvalue weighted by molar-refractivity contribution is 0.116. The van der Waals surface area contributed by atoms with E-state index >= 15 is 0 Å². The van der Waals surface area contributed by atoms with Crippen molar-refractivity contribution in [2.45, 2.75) is 98.0 Å². The quantitative estimate of drug-likeness (QED) is 0.0280. The Morgan fingerprint density at radius 2 is 1.46 bits per heavy atom. The summed E-state index contributed by atoms with van der Waals surface area (Å²) in [5, 5.41) is 51.2. The predicted octanol–water partition coefficient (Wildman–Crippen LogP) is 1.59. The molecule has 0 aliphatic rings. The number of nitrogens with zero attached hydrogens (tertiary/aromatic N) is 4. The third-order valence-electron chi connectivity index (χ3n) is 7.37. The number of carbonyl (C=O) groups excluding carboxylic acids is 2. The summed E-state index contributed by atoms with van der Waals surface area (Å²) in [4.78, 5) is 33.4. The first kappa shape index (κ1) is 43.2. The molecule has 0 aliphatic carbocycles. The van der Waals surface area contributed by atoms with E-state index in [1.165, 1.54) is 7.28 Å². The highest BCUT2D eigenvalue weighted by Gasteiger charge is 2.28. The number of hydrogen-bond donors (Lipinski definition) is 6. The van der Waals surface area contributed by atoms with Crippen LogP contribution in [0.5, 0.6) is 0 Å². The Bertz CT molecular complexity index is 1120. The largest absolute Gasteiger partial charge is 0.433 e. The summed E-state index contributed by atoms with van der Waals surface area (Å²) in [6.45, 7) is 8.09. The molecular formula is C29H52B6N6O7. The molecule has 0 amide bonds. The standard InChI is InChI=1S/C29H52B6N6O7/c1-32(44)38-28(39-33(2)45)13-10-8-6-5-7-9-11-18-40(34(3)46)29(37-31-24-43)41(35(4)47)19-12-20-48-22-25-14-16-26(17-15-25)27(36)21-30-23-42/h14-17,23-24,36,44-47H,5-13,18-22H2,1-4H3,(H,38,39). The number of ether oxygens (including phenoxy) is 1. The molecule has 19 heteroatoms. The molecule has 0 fully saturated rings. The Labute approximate surface area is 290 Å². The van der Waals surface area contributed by atoms with Gasteiger partial charge in [-0.15, -0.1) is 0 Å². The minimum atomic E-state index is -0.925. The van der Waals surface area contributed by atoms with Crippen LogP contribution in [-0.2, 0) is 20.9 Å². The van der Waals surface area contributed by atoms with Gasteiger partial charge in [0.15, 0.2) is 5.96 Å². The lowest BCUT2D eigenvalue weighted by Gasteiger charge is -2.36. The van der Waals surface area contributed by atoms with Gasteiger partial charge in [-0.05, 0) is 64.0 Å². The van der Waals surface area contributed by atoms with Gasteiger partial charge in [0.25, 0.3) is 0 Å². The van der Waals surface area contributed by atoms with Gasteiger partial charge in [0, 0.05) is 31.8 Å². The van der Waals surface area contributed by atoms with E-state index in [1.54, 1.807) is 36.9 Å². The summed E-state index contributed by atoms with van der Waals surface area (Å²) >= 11 is 0. The normalized spacial score (nSPS) is 11.4. The fraction of sp³-hybridized carbons (Fsp3) is 0.621. The molecule has 2 radical (unpaired) electrons. The molecule has 0 spiro atoms. The maximum absolute atomic E-state index is 11.2. The predicted molar refractivity (Wildman–Crippen MR) is 201 cm³/mol. The number of hydrogen-bond acceptors (Lipinski definition) is 10. The lowest BCUT2D eigenvalue weighted by Crippen LogP contribution is -2.55. The van der Waals surface area contributed by atoms with Gasteiger partial charge in [-0.25, -0.2) is 0 Å². The molecular weight excluding hydrogens is 609 g/mol. The summed E-state index contributed by atoms with van der Waals surface area (Å²) in [6.07, 6.45) is 9.52. The third-order valence-corrected chi connectivity index (χ3v) is 7.37. The van der Waals surface area contributed by atoms with Gasteiger partial charge in [0.1, 0.15) is 6.19 Å². The van der Waals surface area contributed by atoms with Crippen molar-refractivity contribution in [3.63, 3.8) is 0 Å². The zero-order valence-corrected chi connectivity index (χ0v) is 29.1. The average Bonchev–Trinajstić information content (AvgIpc) is 3.03. The maximum Gasteiger partial charge on any atom is 0.429 e. The molecule has 0 bridgehead atoms. The number of carbonyl (C=O) groups is 2. The summed E-state index contributed by atoms with van der Waals surface area (Å²) < 4.78 is 5.84. The lowest BCUT2D eigenvalue weighted by atomic mass is 9.74. The van der Waals surface area contributed by atoms with Crippen molar-refractivity contribution >= 4 is 72.8 Å². The van der Waals surface area contributed by atoms with Gasteiger partial charge in [0.2, 0.25) is 7.28 Å². The maximum atomic E-state index is 11.2. The molecule has 0 heterocycles. The van der Waals surface area contributed by atoms with Crippen LogP contribution in [0.1, 0.15) is 68.9 Å². The molecule has 13 nitrogen and oxygen atoms in total. The Morgan fingerprint density at radius 3 is 2.00 bits per heavy atom. The number of unbranched alkanes of at least 4 members (excludes halogenated alkanes) is 6. The third kappa shape index (κ3) is 19.2. The summed E-state index contributed by atoms with van der Waals surface area (Å²) in [7, 11) is -0.840. The number of benzene rings is 1. The number of amidine groups is 1. The Hall–Kier alpha value is -2.84. The van der Waals surface area contributed by atoms with Crippen molar-refractivity contribution in [1.82, 2.24) is 14.8 Å². The first-order valence-electron chi connectivity index (χ1n) is 16.9. The van der Waals surface area contributed by atoms with Crippen LogP contribution in [0.15, 0.2) is 34.1 Å². The second-order valence-corrected chi connectivity index (χ2v) is 11.8. The number of nitrogens with one attached hydrogen (secondary N) is 2. The first-order chi connectivity index (χ1) is 23.0. The Balaban J connectivity index is 2.57. The molecule has 0 unspecified atom stereocenters. The highest BCUT2D eigenvalue weighted by atomic mass is 16.5. The molecule has 1 aromatic rings. The van der Waals surface area contributed by atoms with Gasteiger partial charge in [0.05, 0.1) is 18.6 Å². The second-order valence-electron chi connectivity index (χ2n) is 11.8. The Morgan fingerprint density at radius 1 is 0.875 bits per heavy atom. The van der Waals surface area contributed by atoms with E-state index in [-0.39, 0.29) is 6.32 Å². The van der Waals surface area contributed by atoms with Crippen LogP contribution >= 0.6 is 0 Å². The van der Waals surface area contributed by atoms with E-state index in [4.69, 9.17) is 10.1 Å².